The van der Waals surface area contributed by atoms with Crippen LogP contribution in [0.15, 0.2) is 24.3 Å². The van der Waals surface area contributed by atoms with E-state index in [0.717, 1.165) is 11.2 Å². The first kappa shape index (κ1) is 14.5. The van der Waals surface area contributed by atoms with Gasteiger partial charge in [-0.25, -0.2) is 0 Å². The molecule has 1 atom stereocenters. The predicted octanol–water partition coefficient (Wildman–Crippen LogP) is 2.42. The van der Waals surface area contributed by atoms with Crippen LogP contribution in [0.3, 0.4) is 0 Å². The first-order valence-electron chi connectivity index (χ1n) is 5.84. The number of hydrogen-bond donors (Lipinski definition) is 1. The molecule has 0 bridgehead atoms. The van der Waals surface area contributed by atoms with Crippen LogP contribution in [-0.4, -0.2) is 25.3 Å². The van der Waals surface area contributed by atoms with E-state index < -0.39 is 0 Å². The Bertz CT molecular complexity index is 357. The van der Waals surface area contributed by atoms with Crippen molar-refractivity contribution in [2.24, 2.45) is 0 Å². The molecular formula is C13H22BNOP. The van der Waals surface area contributed by atoms with Crippen LogP contribution in [0.2, 0.25) is 0 Å². The molecule has 0 fully saturated rings. The van der Waals surface area contributed by atoms with E-state index in [2.05, 4.69) is 42.3 Å². The molecular weight excluding hydrogens is 228 g/mol. The normalized spacial score (nSPS) is 12.4. The van der Waals surface area contributed by atoms with Crippen LogP contribution in [-0.2, 0) is 4.65 Å². The van der Waals surface area contributed by atoms with Gasteiger partial charge in [-0.2, -0.15) is 0 Å². The highest BCUT2D eigenvalue weighted by molar-refractivity contribution is 7.19. The van der Waals surface area contributed by atoms with Crippen molar-refractivity contribution in [3.63, 3.8) is 0 Å². The van der Waals surface area contributed by atoms with Crippen molar-refractivity contribution in [2.45, 2.75) is 38.5 Å². The third kappa shape index (κ3) is 4.01. The lowest BCUT2D eigenvalue weighted by Gasteiger charge is -2.39. The van der Waals surface area contributed by atoms with E-state index in [4.69, 9.17) is 4.65 Å². The van der Waals surface area contributed by atoms with Crippen LogP contribution in [0.25, 0.3) is 0 Å². The van der Waals surface area contributed by atoms with Crippen molar-refractivity contribution in [1.29, 1.82) is 0 Å². The second-order valence-electron chi connectivity index (χ2n) is 5.34. The van der Waals surface area contributed by atoms with E-state index >= 15 is 0 Å². The van der Waals surface area contributed by atoms with Gasteiger partial charge in [0.1, 0.15) is 0 Å². The van der Waals surface area contributed by atoms with Crippen LogP contribution < -0.4 is 10.8 Å². The van der Waals surface area contributed by atoms with Crippen molar-refractivity contribution in [3.05, 3.63) is 24.3 Å². The summed E-state index contributed by atoms with van der Waals surface area (Å²) in [6, 6.07) is 8.15. The van der Waals surface area contributed by atoms with Crippen molar-refractivity contribution < 1.29 is 4.65 Å². The van der Waals surface area contributed by atoms with Gasteiger partial charge >= 0.3 is 7.48 Å². The Morgan fingerprint density at radius 1 is 1.12 bits per heavy atom. The molecule has 17 heavy (non-hydrogen) atoms. The number of benzene rings is 1. The Hall–Kier alpha value is -0.525. The summed E-state index contributed by atoms with van der Waals surface area (Å²) in [4.78, 5) is 0. The van der Waals surface area contributed by atoms with E-state index in [1.54, 1.807) is 0 Å². The van der Waals surface area contributed by atoms with Crippen LogP contribution in [0, 0.1) is 0 Å². The maximum absolute atomic E-state index is 5.89. The maximum Gasteiger partial charge on any atom is 0.330 e. The van der Waals surface area contributed by atoms with E-state index in [1.807, 2.05) is 38.8 Å². The molecule has 2 nitrogen and oxygen atoms in total. The molecule has 0 aliphatic carbocycles. The first-order valence-corrected chi connectivity index (χ1v) is 6.42. The van der Waals surface area contributed by atoms with Crippen LogP contribution in [0.4, 0.5) is 5.69 Å². The summed E-state index contributed by atoms with van der Waals surface area (Å²) in [5.74, 6) is 0. The Kier molecular flexibility index (Phi) is 4.63. The fourth-order valence-electron chi connectivity index (χ4n) is 1.10. The molecule has 0 aliphatic heterocycles. The Morgan fingerprint density at radius 2 is 1.65 bits per heavy atom. The minimum absolute atomic E-state index is 0.0222. The molecule has 0 saturated carbocycles. The van der Waals surface area contributed by atoms with Crippen LogP contribution >= 0.6 is 9.24 Å². The molecule has 1 unspecified atom stereocenters. The Balaban J connectivity index is 2.61. The topological polar surface area (TPSA) is 21.3 Å². The zero-order chi connectivity index (χ0) is 13.1. The molecule has 0 saturated heterocycles. The van der Waals surface area contributed by atoms with Crippen molar-refractivity contribution in [1.82, 2.24) is 0 Å². The number of hydrogen-bond acceptors (Lipinski definition) is 2. The van der Waals surface area contributed by atoms with Gasteiger partial charge in [0, 0.05) is 17.9 Å². The second kappa shape index (κ2) is 5.41. The Labute approximate surface area is 108 Å². The van der Waals surface area contributed by atoms with Gasteiger partial charge in [0.15, 0.2) is 0 Å². The van der Waals surface area contributed by atoms with Gasteiger partial charge in [0.25, 0.3) is 0 Å². The van der Waals surface area contributed by atoms with Crippen molar-refractivity contribution in [2.75, 3.05) is 12.4 Å². The number of nitrogens with one attached hydrogen (secondary N) is 1. The van der Waals surface area contributed by atoms with Gasteiger partial charge in [-0.15, -0.1) is 9.24 Å². The standard InChI is InChI=1S/C13H22BNOP/c1-12(2,13(3,4)17)16-14-10-6-8-11(15-5)9-7-10/h6-9,15H,17H2,1-5H3. The summed E-state index contributed by atoms with van der Waals surface area (Å²) in [5.41, 5.74) is 1.96. The van der Waals surface area contributed by atoms with Gasteiger partial charge in [0.05, 0.1) is 5.60 Å². The van der Waals surface area contributed by atoms with Gasteiger partial charge in [-0.05, 0) is 26.0 Å². The first-order chi connectivity index (χ1) is 7.76. The molecule has 0 spiro atoms. The van der Waals surface area contributed by atoms with E-state index in [0.29, 0.717) is 0 Å². The predicted molar refractivity (Wildman–Crippen MR) is 80.3 cm³/mol. The largest absolute Gasteiger partial charge is 0.429 e. The molecule has 1 radical (unpaired) electrons. The summed E-state index contributed by atoms with van der Waals surface area (Å²) >= 11 is 0. The third-order valence-corrected chi connectivity index (χ3v) is 3.94. The van der Waals surface area contributed by atoms with Gasteiger partial charge < -0.3 is 9.97 Å². The molecule has 93 valence electrons. The van der Waals surface area contributed by atoms with Crippen LogP contribution in [0.1, 0.15) is 27.7 Å². The zero-order valence-electron chi connectivity index (χ0n) is 11.4. The van der Waals surface area contributed by atoms with Crippen LogP contribution in [0.5, 0.6) is 0 Å². The van der Waals surface area contributed by atoms with E-state index in [1.165, 1.54) is 0 Å². The van der Waals surface area contributed by atoms with E-state index in [-0.39, 0.29) is 10.8 Å². The van der Waals surface area contributed by atoms with Crippen molar-refractivity contribution in [3.8, 4) is 0 Å². The highest BCUT2D eigenvalue weighted by Gasteiger charge is 2.33. The molecule has 4 heteroatoms. The van der Waals surface area contributed by atoms with Gasteiger partial charge in [0.2, 0.25) is 0 Å². The fourth-order valence-corrected chi connectivity index (χ4v) is 1.16. The summed E-state index contributed by atoms with van der Waals surface area (Å²) in [5, 5.41) is 3.11. The summed E-state index contributed by atoms with van der Waals surface area (Å²) in [6.07, 6.45) is 0. The lowest BCUT2D eigenvalue weighted by molar-refractivity contribution is 0.0841. The molecule has 0 aliphatic rings. The molecule has 1 aromatic carbocycles. The molecule has 1 N–H and O–H groups in total. The highest BCUT2D eigenvalue weighted by Crippen LogP contribution is 2.32. The van der Waals surface area contributed by atoms with Crippen molar-refractivity contribution >= 4 is 27.9 Å². The third-order valence-electron chi connectivity index (χ3n) is 3.24. The molecule has 0 amide bonds. The monoisotopic (exact) mass is 250 g/mol. The zero-order valence-corrected chi connectivity index (χ0v) is 12.5. The van der Waals surface area contributed by atoms with Gasteiger partial charge in [-0.1, -0.05) is 31.4 Å². The minimum atomic E-state index is -0.223. The maximum atomic E-state index is 5.89. The Morgan fingerprint density at radius 3 is 2.06 bits per heavy atom. The lowest BCUT2D eigenvalue weighted by Crippen LogP contribution is -2.45. The summed E-state index contributed by atoms with van der Waals surface area (Å²) in [7, 11) is 6.57. The summed E-state index contributed by atoms with van der Waals surface area (Å²) < 4.78 is 5.89. The average Bonchev–Trinajstić information content (AvgIpc) is 2.25. The quantitative estimate of drug-likeness (QED) is 0.640. The highest BCUT2D eigenvalue weighted by atomic mass is 31.0. The number of anilines is 1. The molecule has 1 rings (SSSR count). The number of rotatable bonds is 5. The lowest BCUT2D eigenvalue weighted by atomic mass is 9.84. The van der Waals surface area contributed by atoms with Gasteiger partial charge in [-0.3, -0.25) is 0 Å². The fraction of sp³-hybridized carbons (Fsp3) is 0.538. The molecule has 1 aromatic rings. The molecule has 0 aromatic heterocycles. The molecule has 0 heterocycles. The smallest absolute Gasteiger partial charge is 0.330 e. The SMILES string of the molecule is CNc1ccc([B]OC(C)(C)C(C)(C)P)cc1. The average molecular weight is 250 g/mol. The van der Waals surface area contributed by atoms with E-state index in [9.17, 15) is 0 Å². The second-order valence-corrected chi connectivity index (χ2v) is 6.78. The summed E-state index contributed by atoms with van der Waals surface area (Å²) in [6.45, 7) is 8.49. The minimum Gasteiger partial charge on any atom is -0.429 e.